The third-order valence-corrected chi connectivity index (χ3v) is 3.46. The van der Waals surface area contributed by atoms with Crippen molar-refractivity contribution in [2.45, 2.75) is 13.3 Å². The summed E-state index contributed by atoms with van der Waals surface area (Å²) in [5.41, 5.74) is 1.84. The van der Waals surface area contributed by atoms with Gasteiger partial charge in [-0.05, 0) is 35.6 Å². The van der Waals surface area contributed by atoms with Crippen LogP contribution in [0.1, 0.15) is 18.2 Å². The van der Waals surface area contributed by atoms with E-state index in [-0.39, 0.29) is 5.97 Å². The van der Waals surface area contributed by atoms with Gasteiger partial charge in [0.2, 0.25) is 0 Å². The number of carbonyl (C=O) groups excluding carboxylic acids is 1. The van der Waals surface area contributed by atoms with Crippen LogP contribution in [0, 0.1) is 11.3 Å². The highest BCUT2D eigenvalue weighted by Gasteiger charge is 2.07. The van der Waals surface area contributed by atoms with Crippen LogP contribution in [0.25, 0.3) is 11.1 Å². The molecule has 0 N–H and O–H groups in total. The second kappa shape index (κ2) is 6.69. The normalized spacial score (nSPS) is 10.4. The van der Waals surface area contributed by atoms with E-state index in [9.17, 15) is 4.79 Å². The first-order valence-corrected chi connectivity index (χ1v) is 7.09. The van der Waals surface area contributed by atoms with Gasteiger partial charge in [-0.15, -0.1) is 11.3 Å². The van der Waals surface area contributed by atoms with Gasteiger partial charge in [-0.2, -0.15) is 5.26 Å². The van der Waals surface area contributed by atoms with Gasteiger partial charge in [-0.1, -0.05) is 25.1 Å². The minimum Gasteiger partial charge on any atom is -0.423 e. The van der Waals surface area contributed by atoms with Gasteiger partial charge in [0.1, 0.15) is 16.7 Å². The van der Waals surface area contributed by atoms with Gasteiger partial charge in [0, 0.05) is 11.6 Å². The molecule has 1 heterocycles. The zero-order chi connectivity index (χ0) is 14.4. The first-order chi connectivity index (χ1) is 9.74. The number of carbonyl (C=O) groups is 1. The summed E-state index contributed by atoms with van der Waals surface area (Å²) in [7, 11) is 0. The molecule has 0 fully saturated rings. The molecule has 0 radical (unpaired) electrons. The lowest BCUT2D eigenvalue weighted by Gasteiger charge is -2.03. The van der Waals surface area contributed by atoms with Gasteiger partial charge in [0.25, 0.3) is 0 Å². The number of esters is 1. The SMILES string of the molecule is CC/C=C/C(=O)Oc1ccc(-c2ccsc2C#N)cc1. The highest BCUT2D eigenvalue weighted by molar-refractivity contribution is 7.11. The van der Waals surface area contributed by atoms with Crippen molar-refractivity contribution in [3.63, 3.8) is 0 Å². The van der Waals surface area contributed by atoms with Gasteiger partial charge < -0.3 is 4.74 Å². The first-order valence-electron chi connectivity index (χ1n) is 6.21. The van der Waals surface area contributed by atoms with E-state index in [1.807, 2.05) is 30.5 Å². The molecule has 0 aliphatic rings. The van der Waals surface area contributed by atoms with Crippen molar-refractivity contribution >= 4 is 17.3 Å². The summed E-state index contributed by atoms with van der Waals surface area (Å²) in [6.45, 7) is 1.95. The molecule has 0 spiro atoms. The van der Waals surface area contributed by atoms with E-state index in [1.165, 1.54) is 17.4 Å². The second-order valence-electron chi connectivity index (χ2n) is 4.03. The molecule has 100 valence electrons. The van der Waals surface area contributed by atoms with Crippen molar-refractivity contribution < 1.29 is 9.53 Å². The van der Waals surface area contributed by atoms with Crippen LogP contribution in [0.5, 0.6) is 5.75 Å². The fraction of sp³-hybridized carbons (Fsp3) is 0.125. The number of hydrogen-bond acceptors (Lipinski definition) is 4. The zero-order valence-electron chi connectivity index (χ0n) is 11.0. The topological polar surface area (TPSA) is 50.1 Å². The van der Waals surface area contributed by atoms with Crippen molar-refractivity contribution in [3.05, 3.63) is 52.7 Å². The monoisotopic (exact) mass is 283 g/mol. The molecule has 1 aromatic heterocycles. The summed E-state index contributed by atoms with van der Waals surface area (Å²) in [4.78, 5) is 12.1. The van der Waals surface area contributed by atoms with Crippen LogP contribution < -0.4 is 4.74 Å². The van der Waals surface area contributed by atoms with Gasteiger partial charge in [-0.25, -0.2) is 4.79 Å². The molecule has 0 aliphatic heterocycles. The molecule has 0 atom stereocenters. The average Bonchev–Trinajstić information content (AvgIpc) is 2.94. The summed E-state index contributed by atoms with van der Waals surface area (Å²) in [6, 6.07) is 11.2. The van der Waals surface area contributed by atoms with E-state index in [0.29, 0.717) is 10.6 Å². The number of thiophene rings is 1. The lowest BCUT2D eigenvalue weighted by molar-refractivity contribution is -0.129. The highest BCUT2D eigenvalue weighted by atomic mass is 32.1. The fourth-order valence-corrected chi connectivity index (χ4v) is 2.40. The maximum Gasteiger partial charge on any atom is 0.335 e. The molecule has 1 aromatic carbocycles. The summed E-state index contributed by atoms with van der Waals surface area (Å²) in [6.07, 6.45) is 3.96. The number of benzene rings is 1. The van der Waals surface area contributed by atoms with Crippen LogP contribution in [-0.4, -0.2) is 5.97 Å². The average molecular weight is 283 g/mol. The highest BCUT2D eigenvalue weighted by Crippen LogP contribution is 2.28. The van der Waals surface area contributed by atoms with Gasteiger partial charge in [0.15, 0.2) is 0 Å². The molecule has 0 bridgehead atoms. The summed E-state index contributed by atoms with van der Waals surface area (Å²) >= 11 is 1.41. The molecule has 2 rings (SSSR count). The third-order valence-electron chi connectivity index (χ3n) is 2.64. The standard InChI is InChI=1S/C16H13NO2S/c1-2-3-4-16(18)19-13-7-5-12(6-8-13)14-9-10-20-15(14)11-17/h3-10H,2H2,1H3/b4-3+. The maximum atomic E-state index is 11.4. The van der Waals surface area contributed by atoms with E-state index < -0.39 is 0 Å². The molecule has 2 aromatic rings. The third kappa shape index (κ3) is 3.34. The Labute approximate surface area is 121 Å². The molecule has 3 nitrogen and oxygen atoms in total. The van der Waals surface area contributed by atoms with E-state index in [0.717, 1.165) is 17.5 Å². The number of nitrogens with zero attached hydrogens (tertiary/aromatic N) is 1. The molecule has 0 amide bonds. The van der Waals surface area contributed by atoms with Crippen LogP contribution in [0.2, 0.25) is 0 Å². The number of rotatable bonds is 4. The minimum absolute atomic E-state index is 0.382. The number of nitriles is 1. The molecule has 0 aliphatic carbocycles. The Morgan fingerprint density at radius 3 is 2.75 bits per heavy atom. The number of allylic oxidation sites excluding steroid dienone is 1. The smallest absolute Gasteiger partial charge is 0.335 e. The van der Waals surface area contributed by atoms with Crippen LogP contribution in [-0.2, 0) is 4.79 Å². The molecule has 0 saturated carbocycles. The molecular weight excluding hydrogens is 270 g/mol. The molecular formula is C16H13NO2S. The predicted octanol–water partition coefficient (Wildman–Crippen LogP) is 4.16. The molecule has 4 heteroatoms. The van der Waals surface area contributed by atoms with E-state index >= 15 is 0 Å². The fourth-order valence-electron chi connectivity index (χ4n) is 1.69. The van der Waals surface area contributed by atoms with Crippen LogP contribution in [0.4, 0.5) is 0 Å². The van der Waals surface area contributed by atoms with E-state index in [1.54, 1.807) is 18.2 Å². The van der Waals surface area contributed by atoms with Crippen molar-refractivity contribution in [1.29, 1.82) is 5.26 Å². The predicted molar refractivity (Wildman–Crippen MR) is 79.5 cm³/mol. The van der Waals surface area contributed by atoms with Crippen molar-refractivity contribution in [2.24, 2.45) is 0 Å². The Morgan fingerprint density at radius 1 is 1.35 bits per heavy atom. The summed E-state index contributed by atoms with van der Waals surface area (Å²) in [5.74, 6) is 0.112. The molecule has 0 saturated heterocycles. The first kappa shape index (κ1) is 14.0. The Bertz CT molecular complexity index is 663. The van der Waals surface area contributed by atoms with Gasteiger partial charge >= 0.3 is 5.97 Å². The largest absolute Gasteiger partial charge is 0.423 e. The Kier molecular flexibility index (Phi) is 4.70. The van der Waals surface area contributed by atoms with Crippen LogP contribution in [0.3, 0.4) is 0 Å². The molecule has 20 heavy (non-hydrogen) atoms. The minimum atomic E-state index is -0.382. The van der Waals surface area contributed by atoms with Gasteiger partial charge in [0.05, 0.1) is 0 Å². The quantitative estimate of drug-likeness (QED) is 0.481. The van der Waals surface area contributed by atoms with Crippen LogP contribution in [0.15, 0.2) is 47.9 Å². The Balaban J connectivity index is 2.13. The number of ether oxygens (including phenoxy) is 1. The summed E-state index contributed by atoms with van der Waals surface area (Å²) < 4.78 is 5.16. The Morgan fingerprint density at radius 2 is 2.10 bits per heavy atom. The second-order valence-corrected chi connectivity index (χ2v) is 4.95. The number of hydrogen-bond donors (Lipinski definition) is 0. The van der Waals surface area contributed by atoms with Gasteiger partial charge in [-0.3, -0.25) is 0 Å². The van der Waals surface area contributed by atoms with Crippen molar-refractivity contribution in [2.75, 3.05) is 0 Å². The lowest BCUT2D eigenvalue weighted by Crippen LogP contribution is -2.03. The van der Waals surface area contributed by atoms with Crippen molar-refractivity contribution in [3.8, 4) is 22.9 Å². The lowest BCUT2D eigenvalue weighted by atomic mass is 10.1. The Hall–Kier alpha value is -2.38. The zero-order valence-corrected chi connectivity index (χ0v) is 11.8. The van der Waals surface area contributed by atoms with E-state index in [2.05, 4.69) is 6.07 Å². The van der Waals surface area contributed by atoms with Crippen molar-refractivity contribution in [1.82, 2.24) is 0 Å². The maximum absolute atomic E-state index is 11.4. The van der Waals surface area contributed by atoms with E-state index in [4.69, 9.17) is 10.00 Å². The van der Waals surface area contributed by atoms with Crippen LogP contribution >= 0.6 is 11.3 Å². The summed E-state index contributed by atoms with van der Waals surface area (Å²) in [5, 5.41) is 10.9. The molecule has 0 unspecified atom stereocenters.